The molecule has 3 nitrogen and oxygen atoms in total. The van der Waals surface area contributed by atoms with Crippen LogP contribution in [0.2, 0.25) is 0 Å². The first-order valence-electron chi connectivity index (χ1n) is 6.82. The third-order valence-electron chi connectivity index (χ3n) is 3.47. The largest absolute Gasteiger partial charge is 0.337 e. The second-order valence-corrected chi connectivity index (χ2v) is 4.91. The van der Waals surface area contributed by atoms with Gasteiger partial charge in [0.1, 0.15) is 0 Å². The molecule has 1 N–H and O–H groups in total. The Balaban J connectivity index is 2.21. The van der Waals surface area contributed by atoms with Crippen molar-refractivity contribution in [1.29, 1.82) is 0 Å². The van der Waals surface area contributed by atoms with Gasteiger partial charge in [-0.25, -0.2) is 0 Å². The van der Waals surface area contributed by atoms with Crippen LogP contribution in [0.25, 0.3) is 11.3 Å². The van der Waals surface area contributed by atoms with E-state index in [9.17, 15) is 0 Å². The second-order valence-electron chi connectivity index (χ2n) is 4.52. The Morgan fingerprint density at radius 3 is 2.47 bits per heavy atom. The van der Waals surface area contributed by atoms with Crippen molar-refractivity contribution in [2.24, 2.45) is 0 Å². The van der Waals surface area contributed by atoms with E-state index in [2.05, 4.69) is 52.6 Å². The van der Waals surface area contributed by atoms with E-state index in [4.69, 9.17) is 12.2 Å². The number of nitrogens with one attached hydrogen (secondary N) is 1. The molecule has 4 heteroatoms. The molecule has 2 aromatic rings. The first-order chi connectivity index (χ1) is 9.26. The van der Waals surface area contributed by atoms with E-state index in [0.717, 1.165) is 36.6 Å². The van der Waals surface area contributed by atoms with E-state index >= 15 is 0 Å². The van der Waals surface area contributed by atoms with Crippen molar-refractivity contribution in [2.45, 2.75) is 20.4 Å². The maximum absolute atomic E-state index is 5.39. The summed E-state index contributed by atoms with van der Waals surface area (Å²) in [5.74, 6) is 0. The summed E-state index contributed by atoms with van der Waals surface area (Å²) in [7, 11) is 0. The molecule has 0 amide bonds. The van der Waals surface area contributed by atoms with E-state index in [1.807, 2.05) is 12.3 Å². The second kappa shape index (κ2) is 6.68. The Morgan fingerprint density at radius 1 is 1.16 bits per heavy atom. The van der Waals surface area contributed by atoms with Crippen LogP contribution in [0.3, 0.4) is 0 Å². The number of likely N-dealkylation sites (N-methyl/N-ethyl adjacent to an activating group) is 1. The average Bonchev–Trinajstić information content (AvgIpc) is 2.82. The molecule has 0 unspecified atom stereocenters. The fourth-order valence-electron chi connectivity index (χ4n) is 2.25. The standard InChI is InChI=1S/C15H21N3S/c1-3-17(4-2)10-11-18-14(12-16-15(18)19)13-8-6-5-7-9-13/h5-9,12H,3-4,10-11H2,1-2H3,(H,16,19). The minimum absolute atomic E-state index is 0.797. The van der Waals surface area contributed by atoms with Crippen LogP contribution < -0.4 is 0 Å². The summed E-state index contributed by atoms with van der Waals surface area (Å²) in [4.78, 5) is 5.56. The molecule has 1 heterocycles. The Labute approximate surface area is 119 Å². The Hall–Kier alpha value is -1.39. The lowest BCUT2D eigenvalue weighted by Gasteiger charge is -2.19. The molecule has 0 fully saturated rings. The summed E-state index contributed by atoms with van der Waals surface area (Å²) in [5.41, 5.74) is 2.37. The zero-order chi connectivity index (χ0) is 13.7. The number of nitrogens with zero attached hydrogens (tertiary/aromatic N) is 2. The molecule has 0 spiro atoms. The van der Waals surface area contributed by atoms with Gasteiger partial charge in [0.2, 0.25) is 0 Å². The predicted octanol–water partition coefficient (Wildman–Crippen LogP) is 3.55. The molecule has 0 bridgehead atoms. The highest BCUT2D eigenvalue weighted by Gasteiger charge is 2.07. The molecule has 19 heavy (non-hydrogen) atoms. The molecule has 0 atom stereocenters. The maximum atomic E-state index is 5.39. The number of benzene rings is 1. The minimum Gasteiger partial charge on any atom is -0.337 e. The minimum atomic E-state index is 0.797. The zero-order valence-corrected chi connectivity index (χ0v) is 12.4. The number of imidazole rings is 1. The summed E-state index contributed by atoms with van der Waals surface area (Å²) in [6.07, 6.45) is 2.00. The molecule has 0 radical (unpaired) electrons. The zero-order valence-electron chi connectivity index (χ0n) is 11.6. The summed E-state index contributed by atoms with van der Waals surface area (Å²) in [5, 5.41) is 0. The normalized spacial score (nSPS) is 11.1. The van der Waals surface area contributed by atoms with Crippen molar-refractivity contribution in [3.8, 4) is 11.3 Å². The van der Waals surface area contributed by atoms with Crippen LogP contribution in [-0.2, 0) is 6.54 Å². The van der Waals surface area contributed by atoms with Gasteiger partial charge in [-0.05, 0) is 30.9 Å². The highest BCUT2D eigenvalue weighted by Crippen LogP contribution is 2.19. The van der Waals surface area contributed by atoms with E-state index in [-0.39, 0.29) is 0 Å². The van der Waals surface area contributed by atoms with Gasteiger partial charge < -0.3 is 14.5 Å². The predicted molar refractivity (Wildman–Crippen MR) is 82.8 cm³/mol. The fraction of sp³-hybridized carbons (Fsp3) is 0.400. The van der Waals surface area contributed by atoms with Crippen LogP contribution in [0.1, 0.15) is 13.8 Å². The first-order valence-corrected chi connectivity index (χ1v) is 7.23. The van der Waals surface area contributed by atoms with Crippen molar-refractivity contribution in [3.05, 3.63) is 41.3 Å². The molecular weight excluding hydrogens is 254 g/mol. The first kappa shape index (κ1) is 14.0. The third kappa shape index (κ3) is 3.33. The fourth-order valence-corrected chi connectivity index (χ4v) is 2.50. The summed E-state index contributed by atoms with van der Waals surface area (Å²) < 4.78 is 2.98. The lowest BCUT2D eigenvalue weighted by atomic mass is 10.2. The topological polar surface area (TPSA) is 24.0 Å². The third-order valence-corrected chi connectivity index (χ3v) is 3.81. The summed E-state index contributed by atoms with van der Waals surface area (Å²) >= 11 is 5.39. The molecular formula is C15H21N3S. The lowest BCUT2D eigenvalue weighted by molar-refractivity contribution is 0.290. The molecule has 0 aliphatic rings. The SMILES string of the molecule is CCN(CC)CCn1c(-c2ccccc2)c[nH]c1=S. The van der Waals surface area contributed by atoms with E-state index in [1.165, 1.54) is 5.56 Å². The van der Waals surface area contributed by atoms with E-state index in [0.29, 0.717) is 0 Å². The average molecular weight is 275 g/mol. The van der Waals surface area contributed by atoms with E-state index < -0.39 is 0 Å². The van der Waals surface area contributed by atoms with Crippen LogP contribution in [-0.4, -0.2) is 34.1 Å². The van der Waals surface area contributed by atoms with Crippen molar-refractivity contribution in [2.75, 3.05) is 19.6 Å². The Bertz CT molecular complexity index is 552. The number of hydrogen-bond donors (Lipinski definition) is 1. The van der Waals surface area contributed by atoms with Gasteiger partial charge in [-0.1, -0.05) is 44.2 Å². The Morgan fingerprint density at radius 2 is 1.84 bits per heavy atom. The number of rotatable bonds is 6. The molecule has 102 valence electrons. The smallest absolute Gasteiger partial charge is 0.177 e. The molecule has 0 aliphatic carbocycles. The van der Waals surface area contributed by atoms with Crippen LogP contribution in [0.4, 0.5) is 0 Å². The van der Waals surface area contributed by atoms with Gasteiger partial charge in [-0.3, -0.25) is 0 Å². The van der Waals surface area contributed by atoms with Gasteiger partial charge in [0.15, 0.2) is 4.77 Å². The molecule has 2 rings (SSSR count). The maximum Gasteiger partial charge on any atom is 0.177 e. The summed E-state index contributed by atoms with van der Waals surface area (Å²) in [6.45, 7) is 8.49. The van der Waals surface area contributed by atoms with Gasteiger partial charge in [0.25, 0.3) is 0 Å². The molecule has 1 aromatic heterocycles. The van der Waals surface area contributed by atoms with Gasteiger partial charge in [0.05, 0.1) is 5.69 Å². The highest BCUT2D eigenvalue weighted by atomic mass is 32.1. The van der Waals surface area contributed by atoms with Crippen LogP contribution >= 0.6 is 12.2 Å². The monoisotopic (exact) mass is 275 g/mol. The van der Waals surface area contributed by atoms with Crippen LogP contribution in [0, 0.1) is 4.77 Å². The van der Waals surface area contributed by atoms with Crippen LogP contribution in [0.15, 0.2) is 36.5 Å². The number of H-pyrrole nitrogens is 1. The van der Waals surface area contributed by atoms with Crippen LogP contribution in [0.5, 0.6) is 0 Å². The number of aromatic amines is 1. The van der Waals surface area contributed by atoms with Gasteiger partial charge in [-0.2, -0.15) is 0 Å². The lowest BCUT2D eigenvalue weighted by Crippen LogP contribution is -2.27. The van der Waals surface area contributed by atoms with Crippen molar-refractivity contribution < 1.29 is 0 Å². The number of hydrogen-bond acceptors (Lipinski definition) is 2. The molecule has 0 aliphatic heterocycles. The summed E-state index contributed by atoms with van der Waals surface area (Å²) in [6, 6.07) is 10.4. The molecule has 0 saturated heterocycles. The Kier molecular flexibility index (Phi) is 4.93. The van der Waals surface area contributed by atoms with Crippen molar-refractivity contribution in [1.82, 2.24) is 14.5 Å². The van der Waals surface area contributed by atoms with Crippen molar-refractivity contribution in [3.63, 3.8) is 0 Å². The van der Waals surface area contributed by atoms with Gasteiger partial charge in [0, 0.05) is 19.3 Å². The van der Waals surface area contributed by atoms with E-state index in [1.54, 1.807) is 0 Å². The quantitative estimate of drug-likeness (QED) is 0.815. The van der Waals surface area contributed by atoms with Gasteiger partial charge in [-0.15, -0.1) is 0 Å². The van der Waals surface area contributed by atoms with Gasteiger partial charge >= 0.3 is 0 Å². The molecule has 1 aromatic carbocycles. The highest BCUT2D eigenvalue weighted by molar-refractivity contribution is 7.71. The molecule has 0 saturated carbocycles. The van der Waals surface area contributed by atoms with Crippen molar-refractivity contribution >= 4 is 12.2 Å². The number of aromatic nitrogens is 2.